The third kappa shape index (κ3) is 4.29. The zero-order valence-corrected chi connectivity index (χ0v) is 18.1. The first kappa shape index (κ1) is 21.7. The minimum atomic E-state index is -0.494. The van der Waals surface area contributed by atoms with Crippen molar-refractivity contribution in [2.75, 3.05) is 26.0 Å². The van der Waals surface area contributed by atoms with Gasteiger partial charge < -0.3 is 10.1 Å². The van der Waals surface area contributed by atoms with E-state index in [2.05, 4.69) is 15.3 Å². The van der Waals surface area contributed by atoms with Gasteiger partial charge in [0, 0.05) is 33.3 Å². The largest absolute Gasteiger partial charge is 0.383 e. The molecule has 0 aliphatic heterocycles. The lowest BCUT2D eigenvalue weighted by Crippen LogP contribution is -2.37. The first-order chi connectivity index (χ1) is 14.3. The molecule has 0 atom stereocenters. The molecule has 10 heteroatoms. The number of hydrogen-bond donors (Lipinski definition) is 1. The second-order valence-electron chi connectivity index (χ2n) is 6.70. The molecule has 0 aliphatic carbocycles. The summed E-state index contributed by atoms with van der Waals surface area (Å²) in [6.07, 6.45) is 0. The molecule has 0 bridgehead atoms. The summed E-state index contributed by atoms with van der Waals surface area (Å²) < 4.78 is 7.26. The van der Waals surface area contributed by atoms with E-state index in [1.807, 2.05) is 31.2 Å². The van der Waals surface area contributed by atoms with Gasteiger partial charge in [0.25, 0.3) is 5.56 Å². The fourth-order valence-electron chi connectivity index (χ4n) is 2.96. The van der Waals surface area contributed by atoms with Crippen LogP contribution in [0.5, 0.6) is 0 Å². The number of fused-ring (bicyclic) bond motifs is 1. The molecule has 30 heavy (non-hydrogen) atoms. The fraction of sp³-hybridized carbons (Fsp3) is 0.350. The van der Waals surface area contributed by atoms with Crippen LogP contribution in [0.25, 0.3) is 22.4 Å². The van der Waals surface area contributed by atoms with E-state index >= 15 is 0 Å². The third-order valence-corrected chi connectivity index (χ3v) is 5.60. The molecule has 0 saturated heterocycles. The second kappa shape index (κ2) is 9.23. The lowest BCUT2D eigenvalue weighted by atomic mass is 10.1. The number of methoxy groups -OCH3 is 1. The molecule has 2 aromatic heterocycles. The highest BCUT2D eigenvalue weighted by atomic mass is 32.2. The van der Waals surface area contributed by atoms with Gasteiger partial charge in [0.1, 0.15) is 10.4 Å². The highest BCUT2D eigenvalue weighted by Crippen LogP contribution is 2.27. The maximum absolute atomic E-state index is 12.8. The monoisotopic (exact) mass is 429 g/mol. The van der Waals surface area contributed by atoms with E-state index in [0.29, 0.717) is 24.0 Å². The van der Waals surface area contributed by atoms with Crippen molar-refractivity contribution in [3.63, 3.8) is 0 Å². The summed E-state index contributed by atoms with van der Waals surface area (Å²) in [5.41, 5.74) is 1.01. The average Bonchev–Trinajstić information content (AvgIpc) is 2.74. The Morgan fingerprint density at radius 3 is 2.60 bits per heavy atom. The lowest BCUT2D eigenvalue weighted by molar-refractivity contribution is -0.118. The summed E-state index contributed by atoms with van der Waals surface area (Å²) in [5, 5.41) is 3.31. The molecule has 0 unspecified atom stereocenters. The summed E-state index contributed by atoms with van der Waals surface area (Å²) in [6.45, 7) is 2.74. The van der Waals surface area contributed by atoms with Crippen molar-refractivity contribution in [2.45, 2.75) is 11.9 Å². The molecule has 0 fully saturated rings. The van der Waals surface area contributed by atoms with Gasteiger partial charge in [-0.05, 0) is 12.5 Å². The summed E-state index contributed by atoms with van der Waals surface area (Å²) >= 11 is 1.14. The minimum Gasteiger partial charge on any atom is -0.383 e. The molecule has 0 radical (unpaired) electrons. The van der Waals surface area contributed by atoms with Gasteiger partial charge in [-0.15, -0.1) is 0 Å². The van der Waals surface area contributed by atoms with Crippen molar-refractivity contribution in [1.29, 1.82) is 0 Å². The highest BCUT2D eigenvalue weighted by molar-refractivity contribution is 8.00. The van der Waals surface area contributed by atoms with Gasteiger partial charge in [-0.1, -0.05) is 36.0 Å². The zero-order valence-electron chi connectivity index (χ0n) is 17.3. The number of rotatable bonds is 7. The molecule has 3 rings (SSSR count). The highest BCUT2D eigenvalue weighted by Gasteiger charge is 2.19. The smallest absolute Gasteiger partial charge is 0.332 e. The summed E-state index contributed by atoms with van der Waals surface area (Å²) in [6, 6.07) is 7.59. The van der Waals surface area contributed by atoms with Crippen LogP contribution in [0.1, 0.15) is 5.56 Å². The van der Waals surface area contributed by atoms with Gasteiger partial charge in [-0.3, -0.25) is 18.7 Å². The first-order valence-electron chi connectivity index (χ1n) is 9.27. The maximum Gasteiger partial charge on any atom is 0.332 e. The first-order valence-corrected chi connectivity index (χ1v) is 10.3. The number of carbonyl (C=O) groups is 1. The van der Waals surface area contributed by atoms with Crippen molar-refractivity contribution in [1.82, 2.24) is 24.4 Å². The SMILES string of the molecule is COCCNC(=O)CSc1nc(-c2ccccc2C)nc2c1c(=O)n(C)c(=O)n2C. The number of amides is 1. The molecule has 0 spiro atoms. The Bertz CT molecular complexity index is 1220. The standard InChI is InChI=1S/C20H23N5O4S/c1-12-7-5-6-8-13(12)16-22-17-15(19(27)25(3)20(28)24(17)2)18(23-16)30-11-14(26)21-9-10-29-4/h5-8H,9-11H2,1-4H3,(H,21,26). The Kier molecular flexibility index (Phi) is 6.68. The number of aromatic nitrogens is 4. The van der Waals surface area contributed by atoms with E-state index in [-0.39, 0.29) is 22.7 Å². The van der Waals surface area contributed by atoms with E-state index in [0.717, 1.165) is 27.5 Å². The molecule has 2 heterocycles. The molecule has 1 aromatic carbocycles. The van der Waals surface area contributed by atoms with E-state index < -0.39 is 11.2 Å². The number of nitrogens with zero attached hydrogens (tertiary/aromatic N) is 4. The van der Waals surface area contributed by atoms with E-state index in [1.165, 1.54) is 11.6 Å². The average molecular weight is 430 g/mol. The van der Waals surface area contributed by atoms with Crippen molar-refractivity contribution in [3.05, 3.63) is 50.7 Å². The predicted octanol–water partition coefficient (Wildman–Crippen LogP) is 0.857. The van der Waals surface area contributed by atoms with Gasteiger partial charge in [0.2, 0.25) is 5.91 Å². The lowest BCUT2D eigenvalue weighted by Gasteiger charge is -2.13. The number of benzene rings is 1. The van der Waals surface area contributed by atoms with Gasteiger partial charge in [-0.25, -0.2) is 14.8 Å². The maximum atomic E-state index is 12.8. The van der Waals surface area contributed by atoms with E-state index in [9.17, 15) is 14.4 Å². The van der Waals surface area contributed by atoms with Crippen LogP contribution in [0.2, 0.25) is 0 Å². The Balaban J connectivity index is 2.13. The molecule has 3 aromatic rings. The molecule has 0 saturated carbocycles. The number of nitrogens with one attached hydrogen (secondary N) is 1. The predicted molar refractivity (Wildman–Crippen MR) is 116 cm³/mol. The van der Waals surface area contributed by atoms with Crippen LogP contribution in [0.3, 0.4) is 0 Å². The Morgan fingerprint density at radius 2 is 1.90 bits per heavy atom. The fourth-order valence-corrected chi connectivity index (χ4v) is 3.80. The van der Waals surface area contributed by atoms with Crippen molar-refractivity contribution >= 4 is 28.7 Å². The molecule has 1 amide bonds. The molecule has 1 N–H and O–H groups in total. The Hall–Kier alpha value is -2.98. The molecular weight excluding hydrogens is 406 g/mol. The van der Waals surface area contributed by atoms with Gasteiger partial charge in [-0.2, -0.15) is 0 Å². The number of ether oxygens (including phenoxy) is 1. The Morgan fingerprint density at radius 1 is 1.17 bits per heavy atom. The second-order valence-corrected chi connectivity index (χ2v) is 7.67. The normalized spacial score (nSPS) is 11.1. The molecule has 158 valence electrons. The summed E-state index contributed by atoms with van der Waals surface area (Å²) in [4.78, 5) is 46.5. The Labute approximate surface area is 177 Å². The van der Waals surface area contributed by atoms with Crippen LogP contribution in [0.4, 0.5) is 0 Å². The number of hydrogen-bond acceptors (Lipinski definition) is 7. The van der Waals surface area contributed by atoms with Crippen LogP contribution >= 0.6 is 11.8 Å². The quantitative estimate of drug-likeness (QED) is 0.337. The number of carbonyl (C=O) groups excluding carboxylic acids is 1. The van der Waals surface area contributed by atoms with Gasteiger partial charge in [0.05, 0.1) is 12.4 Å². The molecular formula is C20H23N5O4S. The summed E-state index contributed by atoms with van der Waals surface area (Å²) in [7, 11) is 4.52. The van der Waals surface area contributed by atoms with E-state index in [1.54, 1.807) is 14.2 Å². The van der Waals surface area contributed by atoms with Crippen LogP contribution in [-0.4, -0.2) is 51.0 Å². The van der Waals surface area contributed by atoms with Crippen LogP contribution < -0.4 is 16.6 Å². The third-order valence-electron chi connectivity index (χ3n) is 4.62. The minimum absolute atomic E-state index is 0.0645. The number of aryl methyl sites for hydroxylation is 2. The zero-order chi connectivity index (χ0) is 21.8. The topological polar surface area (TPSA) is 108 Å². The molecule has 0 aliphatic rings. The van der Waals surface area contributed by atoms with Crippen molar-refractivity contribution in [2.24, 2.45) is 14.1 Å². The van der Waals surface area contributed by atoms with Crippen molar-refractivity contribution in [3.8, 4) is 11.4 Å². The van der Waals surface area contributed by atoms with Crippen LogP contribution in [0.15, 0.2) is 38.9 Å². The van der Waals surface area contributed by atoms with Crippen LogP contribution in [0, 0.1) is 6.92 Å². The van der Waals surface area contributed by atoms with Crippen molar-refractivity contribution < 1.29 is 9.53 Å². The molecule has 9 nitrogen and oxygen atoms in total. The van der Waals surface area contributed by atoms with Gasteiger partial charge in [0.15, 0.2) is 11.5 Å². The van der Waals surface area contributed by atoms with Crippen LogP contribution in [-0.2, 0) is 23.6 Å². The summed E-state index contributed by atoms with van der Waals surface area (Å²) in [5.74, 6) is 0.253. The van der Waals surface area contributed by atoms with Gasteiger partial charge >= 0.3 is 5.69 Å². The van der Waals surface area contributed by atoms with E-state index in [4.69, 9.17) is 4.74 Å². The number of thioether (sulfide) groups is 1.